The lowest BCUT2D eigenvalue weighted by atomic mass is 9.97. The van der Waals surface area contributed by atoms with Gasteiger partial charge in [0.2, 0.25) is 5.91 Å². The largest absolute Gasteiger partial charge is 0.495 e. The number of ether oxygens (including phenoxy) is 1. The number of rotatable bonds is 4. The number of amides is 1. The van der Waals surface area contributed by atoms with E-state index in [9.17, 15) is 4.79 Å². The van der Waals surface area contributed by atoms with Gasteiger partial charge < -0.3 is 15.0 Å². The van der Waals surface area contributed by atoms with E-state index in [1.54, 1.807) is 24.6 Å². The Morgan fingerprint density at radius 2 is 2.19 bits per heavy atom. The first kappa shape index (κ1) is 16.8. The molecule has 0 radical (unpaired) electrons. The number of anilines is 2. The first-order valence-corrected chi connectivity index (χ1v) is 9.46. The Kier molecular flexibility index (Phi) is 4.71. The molecule has 2 aromatic heterocycles. The Balaban J connectivity index is 1.48. The van der Waals surface area contributed by atoms with Crippen molar-refractivity contribution in [2.75, 3.05) is 30.4 Å². The molecule has 1 amide bonds. The summed E-state index contributed by atoms with van der Waals surface area (Å²) in [6.07, 6.45) is 3.62. The Hall–Kier alpha value is -2.67. The summed E-state index contributed by atoms with van der Waals surface area (Å²) in [5, 5.41) is 3.95. The number of nitrogens with zero attached hydrogens (tertiary/aromatic N) is 3. The van der Waals surface area contributed by atoms with E-state index in [0.717, 1.165) is 34.9 Å². The second-order valence-corrected chi connectivity index (χ2v) is 7.25. The standard InChI is InChI=1S/C19H20N4O2S/c1-25-16-9-3-2-7-14(16)21-17(24)13-6-5-11-23(12-13)19-22-15-8-4-10-20-18(15)26-19/h2-4,7-10,13H,5-6,11-12H2,1H3,(H,21,24)/t13-/m0/s1. The van der Waals surface area contributed by atoms with Crippen LogP contribution in [0.5, 0.6) is 5.75 Å². The monoisotopic (exact) mass is 368 g/mol. The molecule has 1 N–H and O–H groups in total. The third-order valence-corrected chi connectivity index (χ3v) is 5.62. The van der Waals surface area contributed by atoms with Gasteiger partial charge in [-0.2, -0.15) is 0 Å². The van der Waals surface area contributed by atoms with Gasteiger partial charge in [0.1, 0.15) is 16.1 Å². The number of hydrogen-bond acceptors (Lipinski definition) is 6. The number of hydrogen-bond donors (Lipinski definition) is 1. The second kappa shape index (κ2) is 7.29. The fourth-order valence-electron chi connectivity index (χ4n) is 3.24. The number of piperidine rings is 1. The highest BCUT2D eigenvalue weighted by Gasteiger charge is 2.28. The van der Waals surface area contributed by atoms with Crippen molar-refractivity contribution in [3.63, 3.8) is 0 Å². The zero-order valence-corrected chi connectivity index (χ0v) is 15.3. The number of fused-ring (bicyclic) bond motifs is 1. The van der Waals surface area contributed by atoms with E-state index >= 15 is 0 Å². The third-order valence-electron chi connectivity index (χ3n) is 4.58. The molecule has 0 spiro atoms. The Bertz CT molecular complexity index is 894. The molecule has 6 nitrogen and oxygen atoms in total. The van der Waals surface area contributed by atoms with Crippen molar-refractivity contribution in [1.29, 1.82) is 0 Å². The van der Waals surface area contributed by atoms with E-state index in [-0.39, 0.29) is 11.8 Å². The molecule has 26 heavy (non-hydrogen) atoms. The fraction of sp³-hybridized carbons (Fsp3) is 0.316. The van der Waals surface area contributed by atoms with Gasteiger partial charge >= 0.3 is 0 Å². The van der Waals surface area contributed by atoms with Crippen molar-refractivity contribution in [3.8, 4) is 5.75 Å². The van der Waals surface area contributed by atoms with Crippen molar-refractivity contribution in [1.82, 2.24) is 9.97 Å². The van der Waals surface area contributed by atoms with Crippen LogP contribution < -0.4 is 15.0 Å². The highest BCUT2D eigenvalue weighted by Crippen LogP contribution is 2.31. The lowest BCUT2D eigenvalue weighted by molar-refractivity contribution is -0.120. The smallest absolute Gasteiger partial charge is 0.229 e. The van der Waals surface area contributed by atoms with Gasteiger partial charge in [0.05, 0.1) is 18.7 Å². The summed E-state index contributed by atoms with van der Waals surface area (Å²) in [4.78, 5) is 24.9. The van der Waals surface area contributed by atoms with E-state index in [0.29, 0.717) is 18.0 Å². The summed E-state index contributed by atoms with van der Waals surface area (Å²) < 4.78 is 5.32. The summed E-state index contributed by atoms with van der Waals surface area (Å²) in [5.74, 6) is 0.623. The predicted molar refractivity (Wildman–Crippen MR) is 104 cm³/mol. The van der Waals surface area contributed by atoms with Gasteiger partial charge in [0, 0.05) is 19.3 Å². The maximum atomic E-state index is 12.8. The predicted octanol–water partition coefficient (Wildman–Crippen LogP) is 3.56. The van der Waals surface area contributed by atoms with Crippen LogP contribution in [0.25, 0.3) is 10.3 Å². The number of thiazole rings is 1. The van der Waals surface area contributed by atoms with Crippen LogP contribution in [0.3, 0.4) is 0 Å². The van der Waals surface area contributed by atoms with Gasteiger partial charge in [0.25, 0.3) is 0 Å². The highest BCUT2D eigenvalue weighted by atomic mass is 32.1. The Morgan fingerprint density at radius 3 is 3.04 bits per heavy atom. The summed E-state index contributed by atoms with van der Waals surface area (Å²) in [5.41, 5.74) is 1.62. The average molecular weight is 368 g/mol. The normalized spacial score (nSPS) is 17.3. The van der Waals surface area contributed by atoms with E-state index < -0.39 is 0 Å². The molecule has 0 unspecified atom stereocenters. The number of benzene rings is 1. The van der Waals surface area contributed by atoms with Crippen molar-refractivity contribution in [3.05, 3.63) is 42.6 Å². The zero-order valence-electron chi connectivity index (χ0n) is 14.5. The van der Waals surface area contributed by atoms with Gasteiger partial charge in [-0.15, -0.1) is 0 Å². The molecule has 0 saturated carbocycles. The van der Waals surface area contributed by atoms with Crippen molar-refractivity contribution < 1.29 is 9.53 Å². The summed E-state index contributed by atoms with van der Waals surface area (Å²) in [6, 6.07) is 11.3. The molecule has 4 rings (SSSR count). The molecule has 1 aliphatic rings. The molecule has 1 aliphatic heterocycles. The van der Waals surface area contributed by atoms with Gasteiger partial charge in [0.15, 0.2) is 5.13 Å². The first-order valence-electron chi connectivity index (χ1n) is 8.65. The molecule has 0 bridgehead atoms. The maximum absolute atomic E-state index is 12.8. The highest BCUT2D eigenvalue weighted by molar-refractivity contribution is 7.21. The van der Waals surface area contributed by atoms with Crippen LogP contribution in [0.1, 0.15) is 12.8 Å². The van der Waals surface area contributed by atoms with Gasteiger partial charge in [-0.1, -0.05) is 23.5 Å². The first-order chi connectivity index (χ1) is 12.7. The fourth-order valence-corrected chi connectivity index (χ4v) is 4.18. The van der Waals surface area contributed by atoms with Crippen LogP contribution in [0.2, 0.25) is 0 Å². The molecule has 1 saturated heterocycles. The summed E-state index contributed by atoms with van der Waals surface area (Å²) in [6.45, 7) is 1.58. The Labute approximate surface area is 155 Å². The number of aromatic nitrogens is 2. The van der Waals surface area contributed by atoms with Crippen LogP contribution in [-0.2, 0) is 4.79 Å². The molecule has 3 heterocycles. The lowest BCUT2D eigenvalue weighted by Crippen LogP contribution is -2.40. The van der Waals surface area contributed by atoms with Crippen LogP contribution in [0.15, 0.2) is 42.6 Å². The molecular weight excluding hydrogens is 348 g/mol. The topological polar surface area (TPSA) is 67.3 Å². The van der Waals surface area contributed by atoms with Crippen molar-refractivity contribution >= 4 is 38.4 Å². The molecule has 7 heteroatoms. The maximum Gasteiger partial charge on any atom is 0.229 e. The molecule has 134 valence electrons. The van der Waals surface area contributed by atoms with Gasteiger partial charge in [-0.05, 0) is 37.1 Å². The van der Waals surface area contributed by atoms with Crippen LogP contribution in [0, 0.1) is 5.92 Å². The molecular formula is C19H20N4O2S. The number of nitrogens with one attached hydrogen (secondary N) is 1. The minimum absolute atomic E-state index is 0.0263. The quantitative estimate of drug-likeness (QED) is 0.763. The molecule has 1 fully saturated rings. The number of carbonyl (C=O) groups is 1. The average Bonchev–Trinajstić information content (AvgIpc) is 3.13. The number of carbonyl (C=O) groups excluding carboxylic acids is 1. The molecule has 0 aliphatic carbocycles. The zero-order chi connectivity index (χ0) is 17.9. The minimum Gasteiger partial charge on any atom is -0.495 e. The van der Waals surface area contributed by atoms with Crippen LogP contribution >= 0.6 is 11.3 Å². The number of pyridine rings is 1. The van der Waals surface area contributed by atoms with E-state index in [2.05, 4.69) is 20.2 Å². The van der Waals surface area contributed by atoms with Crippen molar-refractivity contribution in [2.45, 2.75) is 12.8 Å². The summed E-state index contributed by atoms with van der Waals surface area (Å²) in [7, 11) is 1.61. The lowest BCUT2D eigenvalue weighted by Gasteiger charge is -2.31. The molecule has 1 atom stereocenters. The number of para-hydroxylation sites is 2. The van der Waals surface area contributed by atoms with Crippen LogP contribution in [0.4, 0.5) is 10.8 Å². The van der Waals surface area contributed by atoms with Gasteiger partial charge in [-0.3, -0.25) is 4.79 Å². The molecule has 3 aromatic rings. The number of methoxy groups -OCH3 is 1. The molecule has 1 aromatic carbocycles. The Morgan fingerprint density at radius 1 is 1.31 bits per heavy atom. The van der Waals surface area contributed by atoms with Gasteiger partial charge in [-0.25, -0.2) is 9.97 Å². The van der Waals surface area contributed by atoms with Crippen LogP contribution in [-0.4, -0.2) is 36.1 Å². The second-order valence-electron chi connectivity index (χ2n) is 6.30. The van der Waals surface area contributed by atoms with E-state index in [4.69, 9.17) is 4.74 Å². The summed E-state index contributed by atoms with van der Waals surface area (Å²) >= 11 is 1.58. The SMILES string of the molecule is COc1ccccc1NC(=O)[C@H]1CCCN(c2nc3cccnc3s2)C1. The van der Waals surface area contributed by atoms with Crippen molar-refractivity contribution in [2.24, 2.45) is 5.92 Å². The van der Waals surface area contributed by atoms with E-state index in [1.165, 1.54) is 0 Å². The minimum atomic E-state index is -0.0753. The van der Waals surface area contributed by atoms with E-state index in [1.807, 2.05) is 36.4 Å². The third kappa shape index (κ3) is 3.35.